The number of aromatic nitrogens is 4. The van der Waals surface area contributed by atoms with Gasteiger partial charge in [-0.15, -0.1) is 0 Å². The Hall–Kier alpha value is -3.10. The molecule has 0 aliphatic heterocycles. The van der Waals surface area contributed by atoms with Gasteiger partial charge >= 0.3 is 6.18 Å². The average Bonchev–Trinajstić information content (AvgIpc) is 3.19. The molecule has 0 saturated carbocycles. The maximum atomic E-state index is 13.3. The highest BCUT2D eigenvalue weighted by atomic mass is 19.4. The van der Waals surface area contributed by atoms with Gasteiger partial charge in [-0.1, -0.05) is 30.3 Å². The largest absolute Gasteiger partial charge is 0.433 e. The van der Waals surface area contributed by atoms with Crippen LogP contribution < -0.4 is 5.32 Å². The van der Waals surface area contributed by atoms with Crippen molar-refractivity contribution in [2.45, 2.75) is 33.1 Å². The minimum atomic E-state index is -4.68. The molecule has 0 unspecified atom stereocenters. The van der Waals surface area contributed by atoms with Gasteiger partial charge in [-0.25, -0.2) is 0 Å². The molecule has 0 aliphatic rings. The van der Waals surface area contributed by atoms with Crippen molar-refractivity contribution in [2.75, 3.05) is 5.32 Å². The quantitative estimate of drug-likeness (QED) is 0.737. The number of carbonyl (C=O) groups is 1. The van der Waals surface area contributed by atoms with Crippen LogP contribution in [-0.2, 0) is 19.3 Å². The molecule has 0 spiro atoms. The van der Waals surface area contributed by atoms with Crippen molar-refractivity contribution in [3.05, 3.63) is 65.1 Å². The Balaban J connectivity index is 1.82. The number of amides is 1. The van der Waals surface area contributed by atoms with Crippen LogP contribution in [0.4, 0.5) is 19.0 Å². The fourth-order valence-electron chi connectivity index (χ4n) is 2.76. The van der Waals surface area contributed by atoms with Gasteiger partial charge in [0.25, 0.3) is 5.91 Å². The van der Waals surface area contributed by atoms with Gasteiger partial charge in [0, 0.05) is 18.3 Å². The lowest BCUT2D eigenvalue weighted by Gasteiger charge is -2.11. The van der Waals surface area contributed by atoms with E-state index in [1.807, 2.05) is 30.3 Å². The summed E-state index contributed by atoms with van der Waals surface area (Å²) in [4.78, 5) is 12.4. The lowest BCUT2D eigenvalue weighted by molar-refractivity contribution is -0.144. The molecular weight excluding hydrogens is 359 g/mol. The van der Waals surface area contributed by atoms with E-state index in [0.717, 1.165) is 16.4 Å². The molecule has 6 nitrogen and oxygen atoms in total. The topological polar surface area (TPSA) is 64.7 Å². The van der Waals surface area contributed by atoms with Crippen molar-refractivity contribution < 1.29 is 18.0 Å². The fourth-order valence-corrected chi connectivity index (χ4v) is 2.76. The molecule has 1 amide bonds. The van der Waals surface area contributed by atoms with Gasteiger partial charge in [-0.05, 0) is 19.4 Å². The maximum absolute atomic E-state index is 13.3. The Kier molecular flexibility index (Phi) is 5.02. The third kappa shape index (κ3) is 4.02. The molecule has 1 N–H and O–H groups in total. The van der Waals surface area contributed by atoms with E-state index in [9.17, 15) is 18.0 Å². The molecule has 0 radical (unpaired) electrons. The molecule has 0 bridgehead atoms. The summed E-state index contributed by atoms with van der Waals surface area (Å²) in [6.45, 7) is 3.75. The Labute approximate surface area is 153 Å². The van der Waals surface area contributed by atoms with Crippen LogP contribution in [0.5, 0.6) is 0 Å². The second-order valence-electron chi connectivity index (χ2n) is 6.02. The first kappa shape index (κ1) is 18.7. The number of hydrogen-bond acceptors (Lipinski definition) is 3. The van der Waals surface area contributed by atoms with E-state index in [0.29, 0.717) is 12.1 Å². The van der Waals surface area contributed by atoms with Crippen molar-refractivity contribution in [1.29, 1.82) is 0 Å². The number of halogens is 3. The molecule has 9 heteroatoms. The zero-order chi connectivity index (χ0) is 19.6. The molecule has 0 atom stereocenters. The van der Waals surface area contributed by atoms with Crippen LogP contribution in [0, 0.1) is 6.92 Å². The molecule has 2 heterocycles. The molecule has 0 aliphatic carbocycles. The second-order valence-corrected chi connectivity index (χ2v) is 6.02. The summed E-state index contributed by atoms with van der Waals surface area (Å²) in [6, 6.07) is 9.57. The number of nitrogens with zero attached hydrogens (tertiary/aromatic N) is 4. The monoisotopic (exact) mass is 377 g/mol. The van der Waals surface area contributed by atoms with E-state index in [1.54, 1.807) is 17.8 Å². The summed E-state index contributed by atoms with van der Waals surface area (Å²) in [6.07, 6.45) is -2.03. The number of benzene rings is 1. The highest BCUT2D eigenvalue weighted by Crippen LogP contribution is 2.32. The summed E-state index contributed by atoms with van der Waals surface area (Å²) in [5.41, 5.74) is 0.0717. The van der Waals surface area contributed by atoms with Gasteiger partial charge in [-0.3, -0.25) is 14.2 Å². The molecule has 1 aromatic carbocycles. The van der Waals surface area contributed by atoms with E-state index in [4.69, 9.17) is 0 Å². The van der Waals surface area contributed by atoms with E-state index in [-0.39, 0.29) is 12.4 Å². The van der Waals surface area contributed by atoms with Crippen molar-refractivity contribution >= 4 is 11.7 Å². The predicted molar refractivity (Wildman–Crippen MR) is 93.4 cm³/mol. The highest BCUT2D eigenvalue weighted by Gasteiger charge is 2.39. The Morgan fingerprint density at radius 3 is 2.56 bits per heavy atom. The van der Waals surface area contributed by atoms with Gasteiger partial charge in [0.15, 0.2) is 11.5 Å². The van der Waals surface area contributed by atoms with Crippen LogP contribution in [0.2, 0.25) is 0 Å². The zero-order valence-electron chi connectivity index (χ0n) is 14.8. The van der Waals surface area contributed by atoms with Crippen LogP contribution >= 0.6 is 0 Å². The van der Waals surface area contributed by atoms with Crippen molar-refractivity contribution in [2.24, 2.45) is 0 Å². The number of carbonyl (C=O) groups excluding carboxylic acids is 1. The van der Waals surface area contributed by atoms with E-state index < -0.39 is 23.3 Å². The van der Waals surface area contributed by atoms with Gasteiger partial charge in [0.05, 0.1) is 18.3 Å². The van der Waals surface area contributed by atoms with Crippen LogP contribution in [0.1, 0.15) is 34.1 Å². The summed E-state index contributed by atoms with van der Waals surface area (Å²) in [7, 11) is 0. The van der Waals surface area contributed by atoms with Gasteiger partial charge in [-0.2, -0.15) is 23.4 Å². The predicted octanol–water partition coefficient (Wildman–Crippen LogP) is 3.73. The molecule has 0 fully saturated rings. The molecule has 3 aromatic rings. The number of rotatable bonds is 5. The lowest BCUT2D eigenvalue weighted by atomic mass is 10.2. The average molecular weight is 377 g/mol. The lowest BCUT2D eigenvalue weighted by Crippen LogP contribution is -2.21. The summed E-state index contributed by atoms with van der Waals surface area (Å²) >= 11 is 0. The molecule has 0 saturated heterocycles. The van der Waals surface area contributed by atoms with Crippen LogP contribution in [0.25, 0.3) is 0 Å². The van der Waals surface area contributed by atoms with Crippen LogP contribution in [-0.4, -0.2) is 25.5 Å². The molecule has 27 heavy (non-hydrogen) atoms. The Morgan fingerprint density at radius 1 is 1.22 bits per heavy atom. The molecule has 2 aromatic heterocycles. The fraction of sp³-hybridized carbons (Fsp3) is 0.278. The normalized spacial score (nSPS) is 11.6. The first-order chi connectivity index (χ1) is 12.8. The van der Waals surface area contributed by atoms with Crippen LogP contribution in [0.15, 0.2) is 42.7 Å². The van der Waals surface area contributed by atoms with E-state index in [1.165, 1.54) is 6.92 Å². The number of hydrogen-bond donors (Lipinski definition) is 1. The summed E-state index contributed by atoms with van der Waals surface area (Å²) in [5.74, 6) is -0.677. The number of nitrogens with one attached hydrogen (secondary N) is 1. The van der Waals surface area contributed by atoms with Gasteiger partial charge in [0.2, 0.25) is 0 Å². The Bertz CT molecular complexity index is 944. The van der Waals surface area contributed by atoms with Crippen molar-refractivity contribution in [3.63, 3.8) is 0 Å². The van der Waals surface area contributed by atoms with E-state index in [2.05, 4.69) is 15.5 Å². The molecular formula is C18H18F3N5O. The maximum Gasteiger partial charge on any atom is 0.433 e. The number of anilines is 1. The van der Waals surface area contributed by atoms with Gasteiger partial charge < -0.3 is 5.32 Å². The van der Waals surface area contributed by atoms with Crippen molar-refractivity contribution in [3.8, 4) is 0 Å². The first-order valence-corrected chi connectivity index (χ1v) is 8.32. The first-order valence-electron chi connectivity index (χ1n) is 8.32. The van der Waals surface area contributed by atoms with Crippen LogP contribution in [0.3, 0.4) is 0 Å². The SMILES string of the molecule is CCn1ncc(C(=O)Nc2nn(Cc3ccccc3)cc2C)c1C(F)(F)F. The summed E-state index contributed by atoms with van der Waals surface area (Å²) < 4.78 is 42.3. The standard InChI is InChI=1S/C18H18F3N5O/c1-3-26-15(18(19,20)21)14(9-22-26)17(27)23-16-12(2)10-25(24-16)11-13-7-5-4-6-8-13/h4-10H,3,11H2,1-2H3,(H,23,24,27). The summed E-state index contributed by atoms with van der Waals surface area (Å²) in [5, 5.41) is 10.4. The van der Waals surface area contributed by atoms with Crippen molar-refractivity contribution in [1.82, 2.24) is 19.6 Å². The third-order valence-electron chi connectivity index (χ3n) is 4.02. The van der Waals surface area contributed by atoms with E-state index >= 15 is 0 Å². The Morgan fingerprint density at radius 2 is 1.93 bits per heavy atom. The van der Waals surface area contributed by atoms with Gasteiger partial charge in [0.1, 0.15) is 0 Å². The minimum absolute atomic E-state index is 0.00680. The smallest absolute Gasteiger partial charge is 0.305 e. The highest BCUT2D eigenvalue weighted by molar-refractivity contribution is 6.04. The third-order valence-corrected chi connectivity index (χ3v) is 4.02. The zero-order valence-corrected chi connectivity index (χ0v) is 14.8. The molecule has 142 valence electrons. The second kappa shape index (κ2) is 7.26. The minimum Gasteiger partial charge on any atom is -0.305 e. The molecule has 3 rings (SSSR count). The number of aryl methyl sites for hydroxylation is 2. The number of alkyl halides is 3.